The molecular formula is C11H9F16NO3S. The topological polar surface area (TPSA) is 66.4 Å². The van der Waals surface area contributed by atoms with Crippen molar-refractivity contribution in [2.24, 2.45) is 0 Å². The number of rotatable bonds is 9. The number of sulfonamides is 1. The fourth-order valence-corrected chi connectivity index (χ4v) is 2.89. The van der Waals surface area contributed by atoms with Crippen molar-refractivity contribution >= 4 is 10.0 Å². The van der Waals surface area contributed by atoms with E-state index in [2.05, 4.69) is 0 Å². The van der Waals surface area contributed by atoms with Crippen molar-refractivity contribution in [1.29, 1.82) is 0 Å². The first-order chi connectivity index (χ1) is 13.4. The summed E-state index contributed by atoms with van der Waals surface area (Å²) < 4.78 is 233. The third-order valence-electron chi connectivity index (χ3n) is 3.72. The van der Waals surface area contributed by atoms with Gasteiger partial charge in [-0.15, -0.1) is 0 Å². The minimum atomic E-state index is -8.69. The molecule has 21 heteroatoms. The van der Waals surface area contributed by atoms with Crippen molar-refractivity contribution in [3.63, 3.8) is 0 Å². The van der Waals surface area contributed by atoms with Gasteiger partial charge in [0.25, 0.3) is 15.0 Å². The summed E-state index contributed by atoms with van der Waals surface area (Å²) in [6, 6.07) is 0. The van der Waals surface area contributed by atoms with Crippen LogP contribution in [0.25, 0.3) is 0 Å². The molecule has 2 unspecified atom stereocenters. The molecule has 194 valence electrons. The molecule has 0 fully saturated rings. The molecule has 0 rings (SSSR count). The number of hydrogen-bond donors (Lipinski definition) is 2. The quantitative estimate of drug-likeness (QED) is 0.340. The van der Waals surface area contributed by atoms with E-state index in [1.54, 1.807) is 0 Å². The summed E-state index contributed by atoms with van der Waals surface area (Å²) in [6.45, 7) is -0.922. The van der Waals surface area contributed by atoms with E-state index in [9.17, 15) is 78.7 Å². The summed E-state index contributed by atoms with van der Waals surface area (Å²) in [6.07, 6.45) is -10.4. The molecule has 0 heterocycles. The number of hydrogen-bond acceptors (Lipinski definition) is 3. The van der Waals surface area contributed by atoms with E-state index in [1.165, 1.54) is 0 Å². The molecular weight excluding hydrogens is 530 g/mol. The lowest BCUT2D eigenvalue weighted by atomic mass is 9.90. The zero-order valence-corrected chi connectivity index (χ0v) is 15.6. The molecule has 0 spiro atoms. The van der Waals surface area contributed by atoms with Crippen LogP contribution in [-0.2, 0) is 10.0 Å². The lowest BCUT2D eigenvalue weighted by Crippen LogP contribution is -2.75. The summed E-state index contributed by atoms with van der Waals surface area (Å²) in [4.78, 5) is 0. The van der Waals surface area contributed by atoms with E-state index in [0.717, 1.165) is 0 Å². The molecule has 4 nitrogen and oxygen atoms in total. The van der Waals surface area contributed by atoms with E-state index in [-0.39, 0.29) is 6.92 Å². The van der Waals surface area contributed by atoms with E-state index < -0.39 is 69.9 Å². The highest BCUT2D eigenvalue weighted by atomic mass is 32.2. The Balaban J connectivity index is 6.92. The third-order valence-corrected chi connectivity index (χ3v) is 5.64. The molecule has 0 bridgehead atoms. The summed E-state index contributed by atoms with van der Waals surface area (Å²) >= 11 is 0. The van der Waals surface area contributed by atoms with Crippen LogP contribution in [0, 0.1) is 0 Å². The number of aliphatic hydroxyl groups is 1. The van der Waals surface area contributed by atoms with Crippen molar-refractivity contribution in [3.8, 4) is 0 Å². The molecule has 0 aliphatic carbocycles. The van der Waals surface area contributed by atoms with Crippen LogP contribution >= 0.6 is 0 Å². The van der Waals surface area contributed by atoms with Gasteiger partial charge in [-0.25, -0.2) is 12.8 Å². The maximum atomic E-state index is 14.1. The molecule has 32 heavy (non-hydrogen) atoms. The molecule has 0 aromatic carbocycles. The normalized spacial score (nSPS) is 19.0. The second-order valence-electron chi connectivity index (χ2n) is 6.16. The summed E-state index contributed by atoms with van der Waals surface area (Å²) in [7, 11) is -6.78. The van der Waals surface area contributed by atoms with E-state index in [0.29, 0.717) is 4.72 Å². The molecule has 0 aliphatic rings. The first-order valence-corrected chi connectivity index (χ1v) is 8.62. The van der Waals surface area contributed by atoms with Crippen LogP contribution in [0.4, 0.5) is 70.2 Å². The SMILES string of the molecule is CC(O)NS(=O)(=O)C(C)(F)C(F)(F)C(F)(F)C(F)(F)C(F)(F)C(F)(F)C(F)(F)C(F)(F)F. The Labute approximate surface area is 166 Å². The van der Waals surface area contributed by atoms with Crippen LogP contribution in [0.3, 0.4) is 0 Å². The minimum Gasteiger partial charge on any atom is -0.378 e. The van der Waals surface area contributed by atoms with Gasteiger partial charge in [0, 0.05) is 0 Å². The van der Waals surface area contributed by atoms with Gasteiger partial charge in [0.1, 0.15) is 6.23 Å². The number of aliphatic hydroxyl groups excluding tert-OH is 1. The molecule has 0 amide bonds. The van der Waals surface area contributed by atoms with E-state index in [1.807, 2.05) is 0 Å². The summed E-state index contributed by atoms with van der Waals surface area (Å²) in [5, 5.41) is 2.46. The van der Waals surface area contributed by atoms with E-state index in [4.69, 9.17) is 5.11 Å². The fourth-order valence-electron chi connectivity index (χ4n) is 1.75. The standard InChI is InChI=1S/C11H9F16NO3S/c1-3(29)28-32(30,31)4(2,12)5(13,14)6(15,16)7(17,18)8(19,20)9(21,22)10(23,24)11(25,26)27/h3,28-29H,1-2H3. The Kier molecular flexibility index (Phi) is 7.34. The van der Waals surface area contributed by atoms with Crippen molar-refractivity contribution in [1.82, 2.24) is 4.72 Å². The van der Waals surface area contributed by atoms with Crippen LogP contribution in [0.15, 0.2) is 0 Å². The van der Waals surface area contributed by atoms with Gasteiger partial charge in [0.2, 0.25) is 0 Å². The smallest absolute Gasteiger partial charge is 0.378 e. The maximum Gasteiger partial charge on any atom is 0.460 e. The fraction of sp³-hybridized carbons (Fsp3) is 1.00. The largest absolute Gasteiger partial charge is 0.460 e. The molecule has 0 radical (unpaired) electrons. The molecule has 0 saturated heterocycles. The molecule has 2 N–H and O–H groups in total. The number of nitrogens with one attached hydrogen (secondary N) is 1. The molecule has 2 atom stereocenters. The Bertz CT molecular complexity index is 801. The van der Waals surface area contributed by atoms with Crippen molar-refractivity contribution < 1.29 is 83.8 Å². The second-order valence-corrected chi connectivity index (χ2v) is 8.17. The van der Waals surface area contributed by atoms with Crippen LogP contribution in [0.5, 0.6) is 0 Å². The maximum absolute atomic E-state index is 14.1. The van der Waals surface area contributed by atoms with Gasteiger partial charge in [-0.05, 0) is 13.8 Å². The average molecular weight is 539 g/mol. The Morgan fingerprint density at radius 1 is 0.594 bits per heavy atom. The Hall–Kier alpha value is -1.25. The lowest BCUT2D eigenvalue weighted by molar-refractivity contribution is -0.455. The molecule has 0 saturated carbocycles. The van der Waals surface area contributed by atoms with Gasteiger partial charge >= 0.3 is 41.7 Å². The minimum absolute atomic E-state index is 0.284. The van der Waals surface area contributed by atoms with E-state index >= 15 is 0 Å². The van der Waals surface area contributed by atoms with Crippen LogP contribution < -0.4 is 4.72 Å². The summed E-state index contributed by atoms with van der Waals surface area (Å²) in [5.41, 5.74) is 0. The van der Waals surface area contributed by atoms with Crippen LogP contribution in [0.1, 0.15) is 13.8 Å². The van der Waals surface area contributed by atoms with Gasteiger partial charge in [0.05, 0.1) is 0 Å². The van der Waals surface area contributed by atoms with Gasteiger partial charge in [-0.1, -0.05) is 0 Å². The highest BCUT2D eigenvalue weighted by molar-refractivity contribution is 7.90. The van der Waals surface area contributed by atoms with Crippen LogP contribution in [-0.4, -0.2) is 66.5 Å². The van der Waals surface area contributed by atoms with Crippen molar-refractivity contribution in [2.45, 2.75) is 66.8 Å². The lowest BCUT2D eigenvalue weighted by Gasteiger charge is -2.43. The van der Waals surface area contributed by atoms with Gasteiger partial charge in [-0.3, -0.25) is 0 Å². The highest BCUT2D eigenvalue weighted by Crippen LogP contribution is 2.64. The predicted molar refractivity (Wildman–Crippen MR) is 69.0 cm³/mol. The molecule has 0 aromatic rings. The highest BCUT2D eigenvalue weighted by Gasteiger charge is 2.95. The first kappa shape index (κ1) is 30.8. The predicted octanol–water partition coefficient (Wildman–Crippen LogP) is 4.30. The monoisotopic (exact) mass is 539 g/mol. The summed E-state index contributed by atoms with van der Waals surface area (Å²) in [5.74, 6) is -50.2. The Morgan fingerprint density at radius 2 is 0.844 bits per heavy atom. The molecule has 0 aliphatic heterocycles. The van der Waals surface area contributed by atoms with Crippen LogP contribution in [0.2, 0.25) is 0 Å². The van der Waals surface area contributed by atoms with Gasteiger partial charge in [-0.2, -0.15) is 70.6 Å². The number of halogens is 16. The Morgan fingerprint density at radius 3 is 1.09 bits per heavy atom. The second kappa shape index (κ2) is 7.64. The van der Waals surface area contributed by atoms with Crippen molar-refractivity contribution in [2.75, 3.05) is 0 Å². The molecule has 0 aromatic heterocycles. The number of alkyl halides is 16. The zero-order chi connectivity index (χ0) is 26.8. The third kappa shape index (κ3) is 3.86. The zero-order valence-electron chi connectivity index (χ0n) is 14.8. The van der Waals surface area contributed by atoms with Gasteiger partial charge < -0.3 is 5.11 Å². The van der Waals surface area contributed by atoms with Crippen molar-refractivity contribution in [3.05, 3.63) is 0 Å². The van der Waals surface area contributed by atoms with Gasteiger partial charge in [0.15, 0.2) is 0 Å². The first-order valence-electron chi connectivity index (χ1n) is 7.14. The average Bonchev–Trinajstić information content (AvgIpc) is 2.51.